The number of rotatable bonds is 5. The SMILES string of the molecule is CCC([S+]([O-])c1ccc(C(=O)O)c(Cl)c1)S(C)(=O)=O. The van der Waals surface area contributed by atoms with Gasteiger partial charge in [0.05, 0.1) is 10.6 Å². The van der Waals surface area contributed by atoms with Crippen LogP contribution in [0.15, 0.2) is 23.1 Å². The van der Waals surface area contributed by atoms with Crippen molar-refractivity contribution in [3.63, 3.8) is 0 Å². The molecule has 0 aliphatic heterocycles. The zero-order valence-corrected chi connectivity index (χ0v) is 12.7. The first-order chi connectivity index (χ1) is 8.68. The largest absolute Gasteiger partial charge is 0.610 e. The summed E-state index contributed by atoms with van der Waals surface area (Å²) in [4.78, 5) is 11.0. The summed E-state index contributed by atoms with van der Waals surface area (Å²) in [7, 11) is -3.46. The number of carboxylic acid groups (broad SMARTS) is 1. The Morgan fingerprint density at radius 2 is 2.11 bits per heavy atom. The van der Waals surface area contributed by atoms with E-state index in [0.717, 1.165) is 6.26 Å². The zero-order valence-electron chi connectivity index (χ0n) is 10.3. The predicted octanol–water partition coefficient (Wildman–Crippen LogP) is 1.93. The van der Waals surface area contributed by atoms with Crippen LogP contribution < -0.4 is 0 Å². The molecule has 19 heavy (non-hydrogen) atoms. The first-order valence-corrected chi connectivity index (χ1v) is 8.85. The van der Waals surface area contributed by atoms with Crippen molar-refractivity contribution in [3.05, 3.63) is 28.8 Å². The van der Waals surface area contributed by atoms with Gasteiger partial charge < -0.3 is 9.66 Å². The van der Waals surface area contributed by atoms with Crippen molar-refractivity contribution in [2.45, 2.75) is 22.8 Å². The molecule has 8 heteroatoms. The molecular formula is C11H13ClO5S2. The van der Waals surface area contributed by atoms with E-state index in [4.69, 9.17) is 16.7 Å². The van der Waals surface area contributed by atoms with Crippen LogP contribution in [0.1, 0.15) is 23.7 Å². The van der Waals surface area contributed by atoms with E-state index < -0.39 is 31.6 Å². The number of benzene rings is 1. The van der Waals surface area contributed by atoms with Gasteiger partial charge >= 0.3 is 5.97 Å². The average Bonchev–Trinajstić information content (AvgIpc) is 2.27. The van der Waals surface area contributed by atoms with E-state index in [-0.39, 0.29) is 21.9 Å². The molecule has 0 aliphatic rings. The predicted molar refractivity (Wildman–Crippen MR) is 73.7 cm³/mol. The molecule has 2 atom stereocenters. The number of halogens is 1. The van der Waals surface area contributed by atoms with Crippen LogP contribution in [0, 0.1) is 0 Å². The monoisotopic (exact) mass is 324 g/mol. The van der Waals surface area contributed by atoms with Crippen molar-refractivity contribution in [1.82, 2.24) is 0 Å². The van der Waals surface area contributed by atoms with Gasteiger partial charge in [0.25, 0.3) is 0 Å². The van der Waals surface area contributed by atoms with Crippen LogP contribution in [0.3, 0.4) is 0 Å². The van der Waals surface area contributed by atoms with Gasteiger partial charge in [-0.05, 0) is 12.1 Å². The first kappa shape index (κ1) is 16.3. The third kappa shape index (κ3) is 3.85. The third-order valence-electron chi connectivity index (χ3n) is 2.45. The van der Waals surface area contributed by atoms with E-state index >= 15 is 0 Å². The quantitative estimate of drug-likeness (QED) is 0.835. The first-order valence-electron chi connectivity index (χ1n) is 5.30. The van der Waals surface area contributed by atoms with Crippen LogP contribution in [-0.2, 0) is 21.0 Å². The molecule has 106 valence electrons. The minimum atomic E-state index is -3.46. The molecular weight excluding hydrogens is 312 g/mol. The summed E-state index contributed by atoms with van der Waals surface area (Å²) < 4.78 is 34.2. The van der Waals surface area contributed by atoms with Crippen LogP contribution in [-0.4, -0.2) is 34.9 Å². The molecule has 0 aromatic heterocycles. The van der Waals surface area contributed by atoms with Gasteiger partial charge in [0.1, 0.15) is 0 Å². The highest BCUT2D eigenvalue weighted by Gasteiger charge is 2.33. The molecule has 0 fully saturated rings. The van der Waals surface area contributed by atoms with Crippen molar-refractivity contribution < 1.29 is 22.9 Å². The van der Waals surface area contributed by atoms with Crippen molar-refractivity contribution in [1.29, 1.82) is 0 Å². The fourth-order valence-corrected chi connectivity index (χ4v) is 5.14. The van der Waals surface area contributed by atoms with E-state index in [1.807, 2.05) is 0 Å². The molecule has 1 aromatic rings. The summed E-state index contributed by atoms with van der Waals surface area (Å²) in [5.41, 5.74) is -0.116. The van der Waals surface area contributed by atoms with E-state index in [0.29, 0.717) is 0 Å². The van der Waals surface area contributed by atoms with Gasteiger partial charge in [0.15, 0.2) is 14.7 Å². The number of carboxylic acids is 1. The van der Waals surface area contributed by atoms with Crippen molar-refractivity contribution >= 4 is 38.6 Å². The van der Waals surface area contributed by atoms with E-state index in [1.54, 1.807) is 6.92 Å². The van der Waals surface area contributed by atoms with Crippen LogP contribution in [0.5, 0.6) is 0 Å². The maximum Gasteiger partial charge on any atom is 0.337 e. The molecule has 1 rings (SSSR count). The maximum atomic E-state index is 12.2. The number of hydrogen-bond donors (Lipinski definition) is 1. The van der Waals surface area contributed by atoms with Crippen molar-refractivity contribution in [2.24, 2.45) is 0 Å². The topological polar surface area (TPSA) is 94.5 Å². The highest BCUT2D eigenvalue weighted by molar-refractivity contribution is 8.08. The second-order valence-electron chi connectivity index (χ2n) is 3.91. The summed E-state index contributed by atoms with van der Waals surface area (Å²) >= 11 is 3.98. The summed E-state index contributed by atoms with van der Waals surface area (Å²) in [6.07, 6.45) is 1.22. The van der Waals surface area contributed by atoms with Gasteiger partial charge in [0, 0.05) is 29.9 Å². The molecule has 0 saturated heterocycles. The van der Waals surface area contributed by atoms with Gasteiger partial charge in [-0.15, -0.1) is 0 Å². The molecule has 0 bridgehead atoms. The third-order valence-corrected chi connectivity index (χ3v) is 7.16. The molecule has 0 radical (unpaired) electrons. The lowest BCUT2D eigenvalue weighted by Crippen LogP contribution is -2.29. The van der Waals surface area contributed by atoms with Crippen LogP contribution in [0.4, 0.5) is 0 Å². The van der Waals surface area contributed by atoms with Crippen LogP contribution in [0.25, 0.3) is 0 Å². The van der Waals surface area contributed by atoms with Gasteiger partial charge in [-0.25, -0.2) is 13.2 Å². The Hall–Kier alpha value is -0.760. The molecule has 0 amide bonds. The Balaban J connectivity index is 3.17. The summed E-state index contributed by atoms with van der Waals surface area (Å²) in [6.45, 7) is 1.62. The Morgan fingerprint density at radius 1 is 1.53 bits per heavy atom. The highest BCUT2D eigenvalue weighted by Crippen LogP contribution is 2.26. The molecule has 1 N–H and O–H groups in total. The maximum absolute atomic E-state index is 12.2. The highest BCUT2D eigenvalue weighted by atomic mass is 35.5. The summed E-state index contributed by atoms with van der Waals surface area (Å²) in [5, 5.41) is 8.76. The zero-order chi connectivity index (χ0) is 14.8. The molecule has 0 aliphatic carbocycles. The number of hydrogen-bond acceptors (Lipinski definition) is 4. The van der Waals surface area contributed by atoms with Gasteiger partial charge in [0.2, 0.25) is 4.58 Å². The second kappa shape index (κ2) is 6.13. The lowest BCUT2D eigenvalue weighted by molar-refractivity contribution is 0.0697. The molecule has 1 aromatic carbocycles. The van der Waals surface area contributed by atoms with Gasteiger partial charge in [-0.1, -0.05) is 18.5 Å². The Morgan fingerprint density at radius 3 is 2.47 bits per heavy atom. The van der Waals surface area contributed by atoms with Crippen molar-refractivity contribution in [2.75, 3.05) is 6.26 Å². The molecule has 0 saturated carbocycles. The minimum absolute atomic E-state index is 0.0679. The Bertz CT molecular complexity index is 585. The summed E-state index contributed by atoms with van der Waals surface area (Å²) in [6, 6.07) is 3.77. The number of sulfone groups is 1. The molecule has 0 spiro atoms. The van der Waals surface area contributed by atoms with E-state index in [1.165, 1.54) is 18.2 Å². The molecule has 5 nitrogen and oxygen atoms in total. The van der Waals surface area contributed by atoms with Gasteiger partial charge in [-0.2, -0.15) is 0 Å². The van der Waals surface area contributed by atoms with Crippen molar-refractivity contribution in [3.8, 4) is 0 Å². The fourth-order valence-electron chi connectivity index (χ4n) is 1.56. The van der Waals surface area contributed by atoms with E-state index in [2.05, 4.69) is 0 Å². The Labute approximate surface area is 119 Å². The van der Waals surface area contributed by atoms with E-state index in [9.17, 15) is 17.8 Å². The smallest absolute Gasteiger partial charge is 0.337 e. The minimum Gasteiger partial charge on any atom is -0.610 e. The standard InChI is InChI=1S/C11H13ClO5S2/c1-3-10(19(2,16)17)18(15)7-4-5-8(11(13)14)9(12)6-7/h4-6,10H,3H2,1-2H3,(H,13,14). The number of carbonyl (C=O) groups is 1. The summed E-state index contributed by atoms with van der Waals surface area (Å²) in [5.74, 6) is -1.20. The fraction of sp³-hybridized carbons (Fsp3) is 0.364. The average molecular weight is 325 g/mol. The normalized spacial score (nSPS) is 14.9. The number of aromatic carboxylic acids is 1. The molecule has 0 heterocycles. The Kier molecular flexibility index (Phi) is 5.26. The lowest BCUT2D eigenvalue weighted by Gasteiger charge is -2.18. The lowest BCUT2D eigenvalue weighted by atomic mass is 10.2. The van der Waals surface area contributed by atoms with Crippen LogP contribution >= 0.6 is 11.6 Å². The van der Waals surface area contributed by atoms with Gasteiger partial charge in [-0.3, -0.25) is 0 Å². The molecule has 2 unspecified atom stereocenters. The van der Waals surface area contributed by atoms with Crippen LogP contribution in [0.2, 0.25) is 5.02 Å². The second-order valence-corrected chi connectivity index (χ2v) is 8.48.